The molecule has 0 radical (unpaired) electrons. The summed E-state index contributed by atoms with van der Waals surface area (Å²) in [6.45, 7) is 0.511. The third-order valence-corrected chi connectivity index (χ3v) is 3.68. The lowest BCUT2D eigenvalue weighted by Crippen LogP contribution is -2.01. The Morgan fingerprint density at radius 3 is 2.36 bits per heavy atom. The fourth-order valence-corrected chi connectivity index (χ4v) is 2.34. The first-order chi connectivity index (χ1) is 12.1. The van der Waals surface area contributed by atoms with Crippen molar-refractivity contribution in [2.75, 3.05) is 11.1 Å². The minimum Gasteiger partial charge on any atom is -0.489 e. The van der Waals surface area contributed by atoms with Crippen LogP contribution in [0, 0.1) is 0 Å². The molecular weight excluding hydrogens is 316 g/mol. The molecule has 0 heterocycles. The molecule has 0 fully saturated rings. The molecule has 0 unspecified atom stereocenters. The fourth-order valence-electron chi connectivity index (χ4n) is 2.34. The number of benzene rings is 3. The van der Waals surface area contributed by atoms with Crippen LogP contribution in [0.3, 0.4) is 0 Å². The first-order valence-corrected chi connectivity index (χ1v) is 7.78. The van der Waals surface area contributed by atoms with E-state index in [1.807, 2.05) is 54.6 Å². The molecule has 0 saturated carbocycles. The summed E-state index contributed by atoms with van der Waals surface area (Å²) >= 11 is 0. The molecule has 0 aliphatic carbocycles. The molecule has 0 saturated heterocycles. The topological polar surface area (TPSA) is 84.6 Å². The standard InChI is InChI=1S/C20H18N2O3/c21-18-12-15(20(23)24)6-11-19(18)22-16-7-9-17(10-8-16)25-13-14-4-2-1-3-5-14/h1-12,22H,13,21H2,(H,23,24). The van der Waals surface area contributed by atoms with Crippen molar-refractivity contribution in [1.82, 2.24) is 0 Å². The molecule has 4 N–H and O–H groups in total. The van der Waals surface area contributed by atoms with Gasteiger partial charge in [-0.15, -0.1) is 0 Å². The maximum absolute atomic E-state index is 10.9. The molecule has 0 atom stereocenters. The van der Waals surface area contributed by atoms with Gasteiger partial charge in [-0.1, -0.05) is 30.3 Å². The van der Waals surface area contributed by atoms with Crippen LogP contribution < -0.4 is 15.8 Å². The first kappa shape index (κ1) is 16.4. The molecule has 3 rings (SSSR count). The summed E-state index contributed by atoms with van der Waals surface area (Å²) in [6, 6.07) is 22.0. The molecule has 25 heavy (non-hydrogen) atoms. The van der Waals surface area contributed by atoms with E-state index in [0.717, 1.165) is 17.0 Å². The summed E-state index contributed by atoms with van der Waals surface area (Å²) in [5.41, 5.74) is 9.04. The van der Waals surface area contributed by atoms with Crippen molar-refractivity contribution in [3.63, 3.8) is 0 Å². The van der Waals surface area contributed by atoms with E-state index in [9.17, 15) is 4.79 Å². The Labute approximate surface area is 145 Å². The Balaban J connectivity index is 1.63. The molecule has 5 heteroatoms. The zero-order chi connectivity index (χ0) is 17.6. The molecule has 0 aliphatic rings. The van der Waals surface area contributed by atoms with Crippen LogP contribution in [-0.4, -0.2) is 11.1 Å². The number of anilines is 3. The molecular formula is C20H18N2O3. The highest BCUT2D eigenvalue weighted by Gasteiger charge is 2.06. The number of carbonyl (C=O) groups is 1. The number of hydrogen-bond acceptors (Lipinski definition) is 4. The Hall–Kier alpha value is -3.47. The van der Waals surface area contributed by atoms with Crippen LogP contribution in [0.15, 0.2) is 72.8 Å². The van der Waals surface area contributed by atoms with Crippen molar-refractivity contribution in [3.8, 4) is 5.75 Å². The number of aromatic carboxylic acids is 1. The quantitative estimate of drug-likeness (QED) is 0.586. The lowest BCUT2D eigenvalue weighted by Gasteiger charge is -2.11. The average molecular weight is 334 g/mol. The van der Waals surface area contributed by atoms with Crippen molar-refractivity contribution in [2.24, 2.45) is 0 Å². The smallest absolute Gasteiger partial charge is 0.335 e. The van der Waals surface area contributed by atoms with Gasteiger partial charge in [-0.05, 0) is 48.0 Å². The lowest BCUT2D eigenvalue weighted by molar-refractivity contribution is 0.0697. The van der Waals surface area contributed by atoms with Crippen LogP contribution in [0.2, 0.25) is 0 Å². The van der Waals surface area contributed by atoms with Crippen LogP contribution in [-0.2, 0) is 6.61 Å². The molecule has 126 valence electrons. The monoisotopic (exact) mass is 334 g/mol. The zero-order valence-electron chi connectivity index (χ0n) is 13.5. The van der Waals surface area contributed by atoms with Gasteiger partial charge < -0.3 is 20.9 Å². The van der Waals surface area contributed by atoms with Gasteiger partial charge in [0.05, 0.1) is 16.9 Å². The van der Waals surface area contributed by atoms with Gasteiger partial charge in [-0.2, -0.15) is 0 Å². The minimum absolute atomic E-state index is 0.160. The maximum atomic E-state index is 10.9. The maximum Gasteiger partial charge on any atom is 0.335 e. The van der Waals surface area contributed by atoms with Crippen molar-refractivity contribution < 1.29 is 14.6 Å². The predicted octanol–water partition coefficient (Wildman–Crippen LogP) is 4.29. The SMILES string of the molecule is Nc1cc(C(=O)O)ccc1Nc1ccc(OCc2ccccc2)cc1. The van der Waals surface area contributed by atoms with E-state index in [1.54, 1.807) is 6.07 Å². The summed E-state index contributed by atoms with van der Waals surface area (Å²) in [4.78, 5) is 10.9. The number of nitrogen functional groups attached to an aromatic ring is 1. The third-order valence-electron chi connectivity index (χ3n) is 3.68. The van der Waals surface area contributed by atoms with E-state index in [0.29, 0.717) is 18.0 Å². The second kappa shape index (κ2) is 7.40. The Morgan fingerprint density at radius 1 is 1.00 bits per heavy atom. The van der Waals surface area contributed by atoms with Gasteiger partial charge >= 0.3 is 5.97 Å². The summed E-state index contributed by atoms with van der Waals surface area (Å²) in [6.07, 6.45) is 0. The summed E-state index contributed by atoms with van der Waals surface area (Å²) in [5, 5.41) is 12.1. The van der Waals surface area contributed by atoms with Crippen molar-refractivity contribution >= 4 is 23.0 Å². The third kappa shape index (κ3) is 4.29. The van der Waals surface area contributed by atoms with E-state index in [1.165, 1.54) is 12.1 Å². The number of carboxylic acids is 1. The minimum atomic E-state index is -1.00. The summed E-state index contributed by atoms with van der Waals surface area (Å²) in [5.74, 6) is -0.234. The number of nitrogens with two attached hydrogens (primary N) is 1. The van der Waals surface area contributed by atoms with E-state index in [4.69, 9.17) is 15.6 Å². The van der Waals surface area contributed by atoms with Crippen molar-refractivity contribution in [1.29, 1.82) is 0 Å². The van der Waals surface area contributed by atoms with Gasteiger partial charge in [0.25, 0.3) is 0 Å². The van der Waals surface area contributed by atoms with Gasteiger partial charge in [0.2, 0.25) is 0 Å². The number of carboxylic acid groups (broad SMARTS) is 1. The molecule has 3 aromatic rings. The Kier molecular flexibility index (Phi) is 4.85. The molecule has 5 nitrogen and oxygen atoms in total. The summed E-state index contributed by atoms with van der Waals surface area (Å²) < 4.78 is 5.75. The van der Waals surface area contributed by atoms with Crippen molar-refractivity contribution in [2.45, 2.75) is 6.61 Å². The van der Waals surface area contributed by atoms with Gasteiger partial charge in [0.15, 0.2) is 0 Å². The Bertz CT molecular complexity index is 862. The lowest BCUT2D eigenvalue weighted by atomic mass is 10.1. The van der Waals surface area contributed by atoms with Crippen LogP contribution in [0.5, 0.6) is 5.75 Å². The van der Waals surface area contributed by atoms with Gasteiger partial charge in [0, 0.05) is 5.69 Å². The number of ether oxygens (including phenoxy) is 1. The highest BCUT2D eigenvalue weighted by atomic mass is 16.5. The fraction of sp³-hybridized carbons (Fsp3) is 0.0500. The molecule has 3 aromatic carbocycles. The van der Waals surface area contributed by atoms with E-state index in [-0.39, 0.29) is 5.56 Å². The first-order valence-electron chi connectivity index (χ1n) is 7.78. The number of rotatable bonds is 6. The molecule has 0 amide bonds. The molecule has 0 bridgehead atoms. The second-order valence-corrected chi connectivity index (χ2v) is 5.53. The van der Waals surface area contributed by atoms with Crippen LogP contribution >= 0.6 is 0 Å². The zero-order valence-corrected chi connectivity index (χ0v) is 13.5. The van der Waals surface area contributed by atoms with Crippen LogP contribution in [0.1, 0.15) is 15.9 Å². The van der Waals surface area contributed by atoms with Gasteiger partial charge in [-0.25, -0.2) is 4.79 Å². The normalized spacial score (nSPS) is 10.2. The highest BCUT2D eigenvalue weighted by Crippen LogP contribution is 2.25. The number of nitrogens with one attached hydrogen (secondary N) is 1. The van der Waals surface area contributed by atoms with Crippen LogP contribution in [0.25, 0.3) is 0 Å². The van der Waals surface area contributed by atoms with Crippen LogP contribution in [0.4, 0.5) is 17.1 Å². The molecule has 0 aliphatic heterocycles. The molecule has 0 spiro atoms. The van der Waals surface area contributed by atoms with E-state index >= 15 is 0 Å². The van der Waals surface area contributed by atoms with Crippen molar-refractivity contribution in [3.05, 3.63) is 83.9 Å². The van der Waals surface area contributed by atoms with E-state index < -0.39 is 5.97 Å². The number of hydrogen-bond donors (Lipinski definition) is 3. The summed E-state index contributed by atoms with van der Waals surface area (Å²) in [7, 11) is 0. The van der Waals surface area contributed by atoms with E-state index in [2.05, 4.69) is 5.32 Å². The average Bonchev–Trinajstić information content (AvgIpc) is 2.63. The van der Waals surface area contributed by atoms with Gasteiger partial charge in [-0.3, -0.25) is 0 Å². The molecule has 0 aromatic heterocycles. The predicted molar refractivity (Wildman–Crippen MR) is 98.3 cm³/mol. The highest BCUT2D eigenvalue weighted by molar-refractivity contribution is 5.90. The van der Waals surface area contributed by atoms with Gasteiger partial charge in [0.1, 0.15) is 12.4 Å². The Morgan fingerprint density at radius 2 is 1.72 bits per heavy atom. The largest absolute Gasteiger partial charge is 0.489 e. The second-order valence-electron chi connectivity index (χ2n) is 5.53.